The lowest BCUT2D eigenvalue weighted by atomic mass is 9.92. The lowest BCUT2D eigenvalue weighted by molar-refractivity contribution is -0.376. The molecule has 0 aliphatic heterocycles. The van der Waals surface area contributed by atoms with E-state index in [4.69, 9.17) is 0 Å². The maximum absolute atomic E-state index is 12.9. The second-order valence-corrected chi connectivity index (χ2v) is 5.60. The molecule has 0 fully saturated rings. The van der Waals surface area contributed by atoms with Crippen LogP contribution in [-0.4, -0.2) is 49.0 Å². The van der Waals surface area contributed by atoms with Crippen LogP contribution in [-0.2, 0) is 5.60 Å². The van der Waals surface area contributed by atoms with Gasteiger partial charge in [-0.3, -0.25) is 4.90 Å². The first-order chi connectivity index (χ1) is 11.3. The largest absolute Gasteiger partial charge is 1.00 e. The highest BCUT2D eigenvalue weighted by atomic mass is 35.5. The first-order valence-corrected chi connectivity index (χ1v) is 7.24. The Bertz CT molecular complexity index is 587. The first-order valence-electron chi connectivity index (χ1n) is 7.24. The highest BCUT2D eigenvalue weighted by molar-refractivity contribution is 5.94. The fourth-order valence-corrected chi connectivity index (χ4v) is 2.18. The van der Waals surface area contributed by atoms with Crippen LogP contribution in [0.25, 0.3) is 0 Å². The molecule has 4 nitrogen and oxygen atoms in total. The number of aliphatic hydroxyl groups is 1. The van der Waals surface area contributed by atoms with E-state index in [1.54, 1.807) is 6.92 Å². The Morgan fingerprint density at radius 3 is 1.73 bits per heavy atom. The van der Waals surface area contributed by atoms with Crippen molar-refractivity contribution >= 4 is 11.6 Å². The van der Waals surface area contributed by atoms with Crippen LogP contribution in [0, 0.1) is 0 Å². The SMILES string of the molecule is CCCN(C(=[N+])N(C)C)c1ccc(C(O)(C(F)(F)F)C(F)(F)F)cc1.[Cl-]. The molecule has 26 heavy (non-hydrogen) atoms. The Morgan fingerprint density at radius 2 is 1.42 bits per heavy atom. The van der Waals surface area contributed by atoms with Gasteiger partial charge in [0.05, 0.1) is 20.6 Å². The number of nitrogens with zero attached hydrogens (tertiary/aromatic N) is 3. The third kappa shape index (κ3) is 4.53. The van der Waals surface area contributed by atoms with E-state index in [1.165, 1.54) is 23.9 Å². The lowest BCUT2D eigenvalue weighted by Crippen LogP contribution is -3.00. The third-order valence-electron chi connectivity index (χ3n) is 3.51. The number of benzene rings is 1. The summed E-state index contributed by atoms with van der Waals surface area (Å²) in [6, 6.07) is 3.05. The third-order valence-corrected chi connectivity index (χ3v) is 3.51. The van der Waals surface area contributed by atoms with Crippen LogP contribution in [0.5, 0.6) is 0 Å². The van der Waals surface area contributed by atoms with E-state index >= 15 is 0 Å². The van der Waals surface area contributed by atoms with Crippen molar-refractivity contribution in [3.8, 4) is 0 Å². The van der Waals surface area contributed by atoms with Crippen LogP contribution in [0.1, 0.15) is 18.9 Å². The minimum absolute atomic E-state index is 0. The van der Waals surface area contributed by atoms with Gasteiger partial charge in [0.25, 0.3) is 5.60 Å². The summed E-state index contributed by atoms with van der Waals surface area (Å²) >= 11 is 0. The van der Waals surface area contributed by atoms with Gasteiger partial charge in [0, 0.05) is 5.56 Å². The van der Waals surface area contributed by atoms with Crippen molar-refractivity contribution in [2.75, 3.05) is 25.5 Å². The average molecular weight is 406 g/mol. The van der Waals surface area contributed by atoms with Crippen molar-refractivity contribution in [3.63, 3.8) is 0 Å². The molecule has 0 saturated heterocycles. The summed E-state index contributed by atoms with van der Waals surface area (Å²) < 4.78 is 77.2. The zero-order valence-corrected chi connectivity index (χ0v) is 14.9. The standard InChI is InChI=1S/C15H18F6N3O.ClH/c1-4-9-24(12(22)23(2)3)11-7-5-10(6-8-11)13(25,14(16,17)18)15(19,20)21;/h5-8,25H,4,9H2,1-3H3;1H/q+1;/p-1. The fourth-order valence-electron chi connectivity index (χ4n) is 2.18. The van der Waals surface area contributed by atoms with Crippen molar-refractivity contribution in [1.82, 2.24) is 10.3 Å². The number of hydrogen-bond acceptors (Lipinski definition) is 1. The van der Waals surface area contributed by atoms with E-state index in [2.05, 4.69) is 0 Å². The van der Waals surface area contributed by atoms with Crippen molar-refractivity contribution in [2.45, 2.75) is 31.3 Å². The van der Waals surface area contributed by atoms with Gasteiger partial charge in [0.2, 0.25) is 0 Å². The summed E-state index contributed by atoms with van der Waals surface area (Å²) in [6.45, 7) is 2.07. The molecule has 2 radical (unpaired) electrons. The Balaban J connectivity index is 0.00000625. The molecule has 148 valence electrons. The number of alkyl halides is 6. The van der Waals surface area contributed by atoms with Gasteiger partial charge in [-0.15, -0.1) is 0 Å². The van der Waals surface area contributed by atoms with Crippen LogP contribution in [0.2, 0.25) is 0 Å². The van der Waals surface area contributed by atoms with Crippen molar-refractivity contribution < 1.29 is 43.9 Å². The second kappa shape index (κ2) is 8.34. The Kier molecular flexibility index (Phi) is 7.80. The van der Waals surface area contributed by atoms with Crippen LogP contribution >= 0.6 is 0 Å². The molecular weight excluding hydrogens is 388 g/mol. The summed E-state index contributed by atoms with van der Waals surface area (Å²) in [5.41, 5.74) is -6.14. The van der Waals surface area contributed by atoms with Gasteiger partial charge < -0.3 is 17.5 Å². The van der Waals surface area contributed by atoms with Gasteiger partial charge in [0.15, 0.2) is 0 Å². The van der Waals surface area contributed by atoms with Crippen LogP contribution in [0.15, 0.2) is 24.3 Å². The molecule has 11 heteroatoms. The van der Waals surface area contributed by atoms with Crippen molar-refractivity contribution in [2.24, 2.45) is 0 Å². The van der Waals surface area contributed by atoms with E-state index in [0.717, 1.165) is 12.1 Å². The van der Waals surface area contributed by atoms with E-state index < -0.39 is 23.5 Å². The van der Waals surface area contributed by atoms with E-state index in [1.807, 2.05) is 0 Å². The zero-order chi connectivity index (χ0) is 19.6. The zero-order valence-electron chi connectivity index (χ0n) is 14.2. The Labute approximate surface area is 153 Å². The van der Waals surface area contributed by atoms with Gasteiger partial charge in [-0.05, 0) is 18.6 Å². The quantitative estimate of drug-likeness (QED) is 0.434. The molecule has 0 heterocycles. The molecule has 0 bridgehead atoms. The molecule has 0 aliphatic rings. The molecule has 0 atom stereocenters. The van der Waals surface area contributed by atoms with Crippen LogP contribution in [0.4, 0.5) is 32.0 Å². The molecular formula is C15H18ClF6N3O. The van der Waals surface area contributed by atoms with Gasteiger partial charge in [-0.2, -0.15) is 26.3 Å². The predicted octanol–water partition coefficient (Wildman–Crippen LogP) is -0.0631. The predicted molar refractivity (Wildman–Crippen MR) is 80.9 cm³/mol. The van der Waals surface area contributed by atoms with Gasteiger partial charge in [-0.25, -0.2) is 4.90 Å². The average Bonchev–Trinajstić information content (AvgIpc) is 2.49. The van der Waals surface area contributed by atoms with Gasteiger partial charge >= 0.3 is 18.3 Å². The summed E-state index contributed by atoms with van der Waals surface area (Å²) in [6.07, 6.45) is -11.3. The monoisotopic (exact) mass is 405 g/mol. The molecule has 0 saturated carbocycles. The highest BCUT2D eigenvalue weighted by Crippen LogP contribution is 2.50. The number of rotatable bonds is 4. The maximum atomic E-state index is 12.9. The summed E-state index contributed by atoms with van der Waals surface area (Å²) in [5.74, 6) is -0.225. The molecule has 0 amide bonds. The summed E-state index contributed by atoms with van der Waals surface area (Å²) in [4.78, 5) is 2.66. The Morgan fingerprint density at radius 1 is 1.00 bits per heavy atom. The molecule has 1 aromatic rings. The molecule has 1 aromatic carbocycles. The van der Waals surface area contributed by atoms with Crippen molar-refractivity contribution in [3.05, 3.63) is 29.8 Å². The molecule has 1 rings (SSSR count). The lowest BCUT2D eigenvalue weighted by Gasteiger charge is -2.32. The highest BCUT2D eigenvalue weighted by Gasteiger charge is 2.71. The number of hydrogen-bond donors (Lipinski definition) is 1. The topological polar surface area (TPSA) is 49.0 Å². The number of guanidine groups is 1. The summed E-state index contributed by atoms with van der Waals surface area (Å²) in [7, 11) is 3.05. The first kappa shape index (κ1) is 24.3. The molecule has 0 aromatic heterocycles. The summed E-state index contributed by atoms with van der Waals surface area (Å²) in [5, 5.41) is 19.4. The molecule has 1 N–H and O–H groups in total. The van der Waals surface area contributed by atoms with Crippen LogP contribution in [0.3, 0.4) is 0 Å². The van der Waals surface area contributed by atoms with Crippen molar-refractivity contribution in [1.29, 1.82) is 0 Å². The van der Waals surface area contributed by atoms with E-state index in [9.17, 15) is 36.9 Å². The molecule has 0 aliphatic carbocycles. The number of halogens is 7. The normalized spacial score (nSPS) is 12.4. The van der Waals surface area contributed by atoms with E-state index in [0.29, 0.717) is 18.6 Å². The smallest absolute Gasteiger partial charge is 0.432 e. The van der Waals surface area contributed by atoms with Gasteiger partial charge in [-0.1, -0.05) is 19.1 Å². The minimum Gasteiger partial charge on any atom is -1.00 e. The minimum atomic E-state index is -5.94. The Hall–Kier alpha value is -1.68. The van der Waals surface area contributed by atoms with Gasteiger partial charge in [0.1, 0.15) is 11.1 Å². The van der Waals surface area contributed by atoms with Crippen LogP contribution < -0.4 is 22.7 Å². The van der Waals surface area contributed by atoms with E-state index in [-0.39, 0.29) is 30.6 Å². The fraction of sp³-hybridized carbons (Fsp3) is 0.533. The maximum Gasteiger partial charge on any atom is 0.432 e. The molecule has 0 spiro atoms. The second-order valence-electron chi connectivity index (χ2n) is 5.60. The molecule has 0 unspecified atom stereocenters. The number of anilines is 1.